The number of rotatable bonds is 2. The average Bonchev–Trinajstić information content (AvgIpc) is 2.56. The van der Waals surface area contributed by atoms with Crippen molar-refractivity contribution in [2.75, 3.05) is 14.2 Å². The van der Waals surface area contributed by atoms with Crippen LogP contribution >= 0.6 is 23.2 Å². The molecule has 0 spiro atoms. The number of carbonyl (C=O) groups excluding carboxylic acids is 1. The summed E-state index contributed by atoms with van der Waals surface area (Å²) in [5.41, 5.74) is 0. The van der Waals surface area contributed by atoms with Crippen molar-refractivity contribution in [1.82, 2.24) is 5.06 Å². The maximum absolute atomic E-state index is 11.2. The van der Waals surface area contributed by atoms with E-state index in [1.165, 1.54) is 14.2 Å². The summed E-state index contributed by atoms with van der Waals surface area (Å²) in [6, 6.07) is 0. The van der Waals surface area contributed by atoms with Gasteiger partial charge in [-0.05, 0) is 6.42 Å². The molecule has 1 unspecified atom stereocenters. The molecule has 64 valence electrons. The highest BCUT2D eigenvalue weighted by Crippen LogP contribution is 2.53. The van der Waals surface area contributed by atoms with Crippen molar-refractivity contribution in [2.24, 2.45) is 5.92 Å². The fraction of sp³-hybridized carbons (Fsp3) is 0.833. The molecule has 1 amide bonds. The summed E-state index contributed by atoms with van der Waals surface area (Å²) in [7, 11) is 2.95. The van der Waals surface area contributed by atoms with Gasteiger partial charge in [0.2, 0.25) is 0 Å². The number of halogens is 2. The molecule has 1 aliphatic carbocycles. The standard InChI is InChI=1S/C6H9Cl2NO2/c1-9(11-2)5(10)4-3-6(4,7)8/h4H,3H2,1-2H3. The van der Waals surface area contributed by atoms with Gasteiger partial charge in [0.1, 0.15) is 4.33 Å². The van der Waals surface area contributed by atoms with E-state index in [1.807, 2.05) is 0 Å². The molecular weight excluding hydrogens is 189 g/mol. The third-order valence-electron chi connectivity index (χ3n) is 1.71. The average molecular weight is 198 g/mol. The van der Waals surface area contributed by atoms with E-state index in [1.54, 1.807) is 0 Å². The SMILES string of the molecule is CON(C)C(=O)C1CC1(Cl)Cl. The molecule has 3 nitrogen and oxygen atoms in total. The quantitative estimate of drug-likeness (QED) is 0.492. The molecule has 0 aromatic carbocycles. The molecule has 0 N–H and O–H groups in total. The first kappa shape index (κ1) is 9.10. The highest BCUT2D eigenvalue weighted by Gasteiger charge is 2.57. The van der Waals surface area contributed by atoms with E-state index in [4.69, 9.17) is 23.2 Å². The van der Waals surface area contributed by atoms with Gasteiger partial charge in [-0.3, -0.25) is 9.63 Å². The summed E-state index contributed by atoms with van der Waals surface area (Å²) in [6.07, 6.45) is 0.517. The number of hydroxylamine groups is 2. The van der Waals surface area contributed by atoms with Crippen LogP contribution in [0.1, 0.15) is 6.42 Å². The zero-order valence-electron chi connectivity index (χ0n) is 6.30. The van der Waals surface area contributed by atoms with Gasteiger partial charge >= 0.3 is 0 Å². The molecule has 0 radical (unpaired) electrons. The molecule has 1 atom stereocenters. The second-order valence-corrected chi connectivity index (χ2v) is 4.08. The molecule has 0 heterocycles. The number of carbonyl (C=O) groups is 1. The van der Waals surface area contributed by atoms with E-state index in [0.29, 0.717) is 6.42 Å². The minimum Gasteiger partial charge on any atom is -0.275 e. The Kier molecular flexibility index (Phi) is 2.32. The van der Waals surface area contributed by atoms with Crippen LogP contribution in [0.3, 0.4) is 0 Å². The van der Waals surface area contributed by atoms with Gasteiger partial charge in [0.05, 0.1) is 13.0 Å². The molecule has 0 aliphatic heterocycles. The van der Waals surface area contributed by atoms with E-state index in [2.05, 4.69) is 4.84 Å². The Morgan fingerprint density at radius 1 is 1.73 bits per heavy atom. The van der Waals surface area contributed by atoms with E-state index in [0.717, 1.165) is 5.06 Å². The van der Waals surface area contributed by atoms with E-state index < -0.39 is 4.33 Å². The third kappa shape index (κ3) is 1.78. The fourth-order valence-electron chi connectivity index (χ4n) is 0.791. The Hall–Kier alpha value is 0.01000. The van der Waals surface area contributed by atoms with Crippen molar-refractivity contribution in [3.63, 3.8) is 0 Å². The van der Waals surface area contributed by atoms with Gasteiger partial charge in [-0.25, -0.2) is 5.06 Å². The monoisotopic (exact) mass is 197 g/mol. The van der Waals surface area contributed by atoms with Crippen LogP contribution in [0.2, 0.25) is 0 Å². The molecule has 0 aromatic heterocycles. The first-order valence-corrected chi connectivity index (χ1v) is 3.94. The lowest BCUT2D eigenvalue weighted by molar-refractivity contribution is -0.170. The molecule has 0 bridgehead atoms. The molecule has 1 fully saturated rings. The number of hydrogen-bond donors (Lipinski definition) is 0. The van der Waals surface area contributed by atoms with E-state index in [-0.39, 0.29) is 11.8 Å². The van der Waals surface area contributed by atoms with Crippen LogP contribution in [0.5, 0.6) is 0 Å². The Morgan fingerprint density at radius 2 is 2.18 bits per heavy atom. The summed E-state index contributed by atoms with van der Waals surface area (Å²) in [5, 5.41) is 1.14. The minimum atomic E-state index is -0.857. The first-order valence-electron chi connectivity index (χ1n) is 3.18. The Balaban J connectivity index is 2.46. The van der Waals surface area contributed by atoms with E-state index in [9.17, 15) is 4.79 Å². The van der Waals surface area contributed by atoms with Crippen molar-refractivity contribution in [1.29, 1.82) is 0 Å². The van der Waals surface area contributed by atoms with Gasteiger partial charge in [0.25, 0.3) is 5.91 Å². The lowest BCUT2D eigenvalue weighted by Gasteiger charge is -2.13. The second-order valence-electron chi connectivity index (χ2n) is 2.54. The summed E-state index contributed by atoms with van der Waals surface area (Å²) in [6.45, 7) is 0. The molecular formula is C6H9Cl2NO2. The molecule has 0 aromatic rings. The predicted molar refractivity (Wildman–Crippen MR) is 42.3 cm³/mol. The third-order valence-corrected chi connectivity index (χ3v) is 2.54. The van der Waals surface area contributed by atoms with Gasteiger partial charge < -0.3 is 0 Å². The Labute approximate surface area is 75.2 Å². The zero-order valence-corrected chi connectivity index (χ0v) is 7.82. The lowest BCUT2D eigenvalue weighted by Crippen LogP contribution is -2.28. The predicted octanol–water partition coefficient (Wildman–Crippen LogP) is 1.20. The maximum Gasteiger partial charge on any atom is 0.252 e. The van der Waals surface area contributed by atoms with Crippen LogP contribution in [-0.4, -0.2) is 29.5 Å². The summed E-state index contributed by atoms with van der Waals surface area (Å²) < 4.78 is -0.857. The Bertz CT molecular complexity index is 183. The second kappa shape index (κ2) is 2.81. The minimum absolute atomic E-state index is 0.169. The van der Waals surface area contributed by atoms with Crippen molar-refractivity contribution in [3.05, 3.63) is 0 Å². The molecule has 1 saturated carbocycles. The Morgan fingerprint density at radius 3 is 2.45 bits per heavy atom. The summed E-state index contributed by atoms with van der Waals surface area (Å²) in [4.78, 5) is 15.9. The topological polar surface area (TPSA) is 29.5 Å². The smallest absolute Gasteiger partial charge is 0.252 e. The molecule has 0 saturated heterocycles. The first-order chi connectivity index (χ1) is 4.99. The number of amides is 1. The van der Waals surface area contributed by atoms with Crippen LogP contribution in [0.4, 0.5) is 0 Å². The van der Waals surface area contributed by atoms with Crippen LogP contribution in [0, 0.1) is 5.92 Å². The zero-order chi connectivity index (χ0) is 8.65. The van der Waals surface area contributed by atoms with Gasteiger partial charge in [-0.2, -0.15) is 0 Å². The van der Waals surface area contributed by atoms with Crippen molar-refractivity contribution < 1.29 is 9.63 Å². The van der Waals surface area contributed by atoms with Crippen molar-refractivity contribution >= 4 is 29.1 Å². The fourth-order valence-corrected chi connectivity index (χ4v) is 1.29. The van der Waals surface area contributed by atoms with Crippen LogP contribution in [0.15, 0.2) is 0 Å². The van der Waals surface area contributed by atoms with Gasteiger partial charge in [0.15, 0.2) is 0 Å². The molecule has 1 aliphatic rings. The van der Waals surface area contributed by atoms with Crippen LogP contribution in [0.25, 0.3) is 0 Å². The number of nitrogens with zero attached hydrogens (tertiary/aromatic N) is 1. The highest BCUT2D eigenvalue weighted by molar-refractivity contribution is 6.52. The van der Waals surface area contributed by atoms with Crippen molar-refractivity contribution in [3.8, 4) is 0 Å². The lowest BCUT2D eigenvalue weighted by atomic mass is 10.4. The van der Waals surface area contributed by atoms with Gasteiger partial charge in [0, 0.05) is 7.05 Å². The number of hydrogen-bond acceptors (Lipinski definition) is 2. The van der Waals surface area contributed by atoms with Gasteiger partial charge in [-0.15, -0.1) is 23.2 Å². The van der Waals surface area contributed by atoms with Crippen molar-refractivity contribution in [2.45, 2.75) is 10.8 Å². The summed E-state index contributed by atoms with van der Waals surface area (Å²) >= 11 is 11.3. The maximum atomic E-state index is 11.2. The van der Waals surface area contributed by atoms with Gasteiger partial charge in [-0.1, -0.05) is 0 Å². The number of alkyl halides is 2. The normalized spacial score (nSPS) is 26.4. The molecule has 11 heavy (non-hydrogen) atoms. The summed E-state index contributed by atoms with van der Waals surface area (Å²) in [5.74, 6) is -0.465. The largest absolute Gasteiger partial charge is 0.275 e. The molecule has 5 heteroatoms. The molecule has 1 rings (SSSR count). The highest BCUT2D eigenvalue weighted by atomic mass is 35.5. The van der Waals surface area contributed by atoms with Crippen LogP contribution < -0.4 is 0 Å². The van der Waals surface area contributed by atoms with E-state index >= 15 is 0 Å². The van der Waals surface area contributed by atoms with Crippen LogP contribution in [-0.2, 0) is 9.63 Å².